The average molecular weight is 289 g/mol. The number of rotatable bonds is 5. The molecule has 16 heavy (non-hydrogen) atoms. The molecular weight excluding hydrogens is 270 g/mol. The van der Waals surface area contributed by atoms with Gasteiger partial charge in [0.25, 0.3) is 8.02 Å². The molecule has 1 N–H and O–H groups in total. The van der Waals surface area contributed by atoms with Crippen LogP contribution in [0.1, 0.15) is 20.3 Å². The van der Waals surface area contributed by atoms with Crippen LogP contribution >= 0.6 is 31.2 Å². The normalized spacial score (nSPS) is 31.3. The Bertz CT molecular complexity index is 226. The van der Waals surface area contributed by atoms with E-state index in [1.807, 2.05) is 18.5 Å². The first-order chi connectivity index (χ1) is 7.53. The molecule has 1 heterocycles. The Morgan fingerprint density at radius 1 is 1.44 bits per heavy atom. The van der Waals surface area contributed by atoms with Crippen molar-refractivity contribution in [3.63, 3.8) is 0 Å². The summed E-state index contributed by atoms with van der Waals surface area (Å²) in [7, 11) is -2.95. The molecular formula is C9H19Cl2N2O2P. The molecule has 0 aromatic heterocycles. The van der Waals surface area contributed by atoms with Crippen LogP contribution in [0.15, 0.2) is 0 Å². The maximum Gasteiger partial charge on any atom is 0.250 e. The van der Waals surface area contributed by atoms with Gasteiger partial charge in [-0.05, 0) is 20.3 Å². The Balaban J connectivity index is 2.70. The molecule has 1 saturated heterocycles. The van der Waals surface area contributed by atoms with Crippen LogP contribution in [0.3, 0.4) is 0 Å². The number of alkyl halides is 2. The van der Waals surface area contributed by atoms with Crippen molar-refractivity contribution in [1.29, 1.82) is 0 Å². The fourth-order valence-corrected chi connectivity index (χ4v) is 4.45. The van der Waals surface area contributed by atoms with Gasteiger partial charge < -0.3 is 4.89 Å². The van der Waals surface area contributed by atoms with Crippen molar-refractivity contribution in [3.05, 3.63) is 0 Å². The molecule has 7 heteroatoms. The topological polar surface area (TPSA) is 47.6 Å². The van der Waals surface area contributed by atoms with Gasteiger partial charge in [-0.2, -0.15) is 5.09 Å². The third-order valence-corrected chi connectivity index (χ3v) is 5.96. The van der Waals surface area contributed by atoms with Crippen LogP contribution in [0.4, 0.5) is 0 Å². The van der Waals surface area contributed by atoms with Gasteiger partial charge in [-0.25, -0.2) is 4.52 Å². The van der Waals surface area contributed by atoms with Crippen LogP contribution in [0.5, 0.6) is 0 Å². The van der Waals surface area contributed by atoms with E-state index in [0.29, 0.717) is 18.4 Å². The van der Waals surface area contributed by atoms with Gasteiger partial charge in [0.05, 0.1) is 18.7 Å². The number of hydrogen-bond donors (Lipinski definition) is 1. The molecule has 0 aliphatic carbocycles. The minimum Gasteiger partial charge on any atom is -0.626 e. The third kappa shape index (κ3) is 3.67. The van der Waals surface area contributed by atoms with Crippen LogP contribution in [0, 0.1) is 0 Å². The van der Waals surface area contributed by atoms with E-state index < -0.39 is 8.02 Å². The lowest BCUT2D eigenvalue weighted by molar-refractivity contribution is -0.217. The van der Waals surface area contributed by atoms with Gasteiger partial charge in [-0.3, -0.25) is 0 Å². The second kappa shape index (κ2) is 6.69. The smallest absolute Gasteiger partial charge is 0.250 e. The summed E-state index contributed by atoms with van der Waals surface area (Å²) in [5, 5.41) is 2.98. The first kappa shape index (κ1) is 14.9. The zero-order valence-electron chi connectivity index (χ0n) is 9.66. The second-order valence-corrected chi connectivity index (χ2v) is 6.75. The highest BCUT2D eigenvalue weighted by molar-refractivity contribution is 7.59. The summed E-state index contributed by atoms with van der Waals surface area (Å²) >= 11 is 11.5. The lowest BCUT2D eigenvalue weighted by Crippen LogP contribution is -2.51. The number of nitrogens with one attached hydrogen (secondary N) is 1. The molecule has 1 aliphatic rings. The molecule has 0 aromatic rings. The third-order valence-electron chi connectivity index (χ3n) is 2.48. The molecule has 0 saturated carbocycles. The fourth-order valence-electron chi connectivity index (χ4n) is 1.60. The van der Waals surface area contributed by atoms with Crippen LogP contribution in [-0.4, -0.2) is 41.7 Å². The second-order valence-electron chi connectivity index (χ2n) is 4.06. The Kier molecular flexibility index (Phi) is 6.24. The largest absolute Gasteiger partial charge is 0.626 e. The van der Waals surface area contributed by atoms with Gasteiger partial charge in [-0.1, -0.05) is 0 Å². The predicted octanol–water partition coefficient (Wildman–Crippen LogP) is 1.59. The zero-order valence-corrected chi connectivity index (χ0v) is 12.1. The van der Waals surface area contributed by atoms with Crippen molar-refractivity contribution >= 4 is 31.2 Å². The SMILES string of the molecule is C[C@@H](CCl)N[P+]1([O-])OCCCN1[C@@H](C)CCl. The maximum absolute atomic E-state index is 12.6. The van der Waals surface area contributed by atoms with E-state index in [4.69, 9.17) is 27.7 Å². The van der Waals surface area contributed by atoms with Crippen molar-refractivity contribution in [2.45, 2.75) is 32.4 Å². The number of hydrogen-bond acceptors (Lipinski definition) is 4. The predicted molar refractivity (Wildman–Crippen MR) is 67.7 cm³/mol. The van der Waals surface area contributed by atoms with E-state index in [1.54, 1.807) is 0 Å². The molecule has 96 valence electrons. The van der Waals surface area contributed by atoms with Crippen molar-refractivity contribution in [2.75, 3.05) is 24.9 Å². The monoisotopic (exact) mass is 288 g/mol. The van der Waals surface area contributed by atoms with Gasteiger partial charge in [-0.15, -0.1) is 27.9 Å². The van der Waals surface area contributed by atoms with Crippen LogP contribution in [0.2, 0.25) is 0 Å². The van der Waals surface area contributed by atoms with Crippen molar-refractivity contribution in [3.8, 4) is 0 Å². The Morgan fingerprint density at radius 2 is 2.12 bits per heavy atom. The van der Waals surface area contributed by atoms with E-state index in [-0.39, 0.29) is 12.1 Å². The summed E-state index contributed by atoms with van der Waals surface area (Å²) in [6.07, 6.45) is 0.877. The van der Waals surface area contributed by atoms with Crippen molar-refractivity contribution in [1.82, 2.24) is 9.76 Å². The minimum atomic E-state index is -2.95. The van der Waals surface area contributed by atoms with Crippen LogP contribution in [-0.2, 0) is 4.52 Å². The average Bonchev–Trinajstić information content (AvgIpc) is 2.28. The summed E-state index contributed by atoms with van der Waals surface area (Å²) in [5.74, 6) is 0.834. The van der Waals surface area contributed by atoms with Gasteiger partial charge in [0.15, 0.2) is 0 Å². The first-order valence-electron chi connectivity index (χ1n) is 5.45. The Labute approximate surface area is 108 Å². The molecule has 1 aliphatic heterocycles. The molecule has 1 unspecified atom stereocenters. The summed E-state index contributed by atoms with van der Waals surface area (Å²) < 4.78 is 7.25. The molecule has 0 radical (unpaired) electrons. The number of nitrogens with zero attached hydrogens (tertiary/aromatic N) is 1. The summed E-state index contributed by atoms with van der Waals surface area (Å²) in [6.45, 7) is 5.09. The van der Waals surface area contributed by atoms with E-state index in [2.05, 4.69) is 5.09 Å². The van der Waals surface area contributed by atoms with E-state index >= 15 is 0 Å². The fraction of sp³-hybridized carbons (Fsp3) is 1.00. The molecule has 0 amide bonds. The molecule has 0 aromatic carbocycles. The molecule has 1 fully saturated rings. The maximum atomic E-state index is 12.6. The van der Waals surface area contributed by atoms with Gasteiger partial charge in [0, 0.05) is 18.3 Å². The van der Waals surface area contributed by atoms with E-state index in [0.717, 1.165) is 13.0 Å². The van der Waals surface area contributed by atoms with E-state index in [1.165, 1.54) is 0 Å². The van der Waals surface area contributed by atoms with Gasteiger partial charge in [0.1, 0.15) is 0 Å². The minimum absolute atomic E-state index is 0.0304. The Morgan fingerprint density at radius 3 is 2.69 bits per heavy atom. The van der Waals surface area contributed by atoms with Gasteiger partial charge in [0.2, 0.25) is 0 Å². The zero-order chi connectivity index (χ0) is 12.2. The van der Waals surface area contributed by atoms with Crippen LogP contribution < -0.4 is 9.98 Å². The quantitative estimate of drug-likeness (QED) is 0.617. The molecule has 0 spiro atoms. The standard InChI is InChI=1S/C9H19Cl2N2O2P/c1-8(6-10)12-16(14)13(9(2)7-11)4-3-5-15-16/h8-9H,3-7H2,1-2H3,(H,12,14)/t8-,9-,16?/m0/s1. The summed E-state index contributed by atoms with van der Waals surface area (Å²) in [6, 6.07) is -0.0153. The van der Waals surface area contributed by atoms with Crippen LogP contribution in [0.25, 0.3) is 0 Å². The lowest BCUT2D eigenvalue weighted by Gasteiger charge is -2.44. The first-order valence-corrected chi connectivity index (χ1v) is 8.09. The molecule has 3 atom stereocenters. The summed E-state index contributed by atoms with van der Waals surface area (Å²) in [5.41, 5.74) is 0. The lowest BCUT2D eigenvalue weighted by atomic mass is 10.3. The molecule has 4 nitrogen and oxygen atoms in total. The molecule has 1 rings (SSSR count). The number of halogens is 2. The van der Waals surface area contributed by atoms with Crippen molar-refractivity contribution in [2.24, 2.45) is 0 Å². The van der Waals surface area contributed by atoms with Crippen molar-refractivity contribution < 1.29 is 9.42 Å². The highest BCUT2D eigenvalue weighted by Crippen LogP contribution is 2.54. The molecule has 0 bridgehead atoms. The Hall–Kier alpha value is 0.850. The highest BCUT2D eigenvalue weighted by Gasteiger charge is 2.43. The van der Waals surface area contributed by atoms with Gasteiger partial charge >= 0.3 is 0 Å². The highest BCUT2D eigenvalue weighted by atomic mass is 35.5. The summed E-state index contributed by atoms with van der Waals surface area (Å²) in [4.78, 5) is 12.6. The van der Waals surface area contributed by atoms with E-state index in [9.17, 15) is 4.89 Å².